The lowest BCUT2D eigenvalue weighted by atomic mass is 10.2. The van der Waals surface area contributed by atoms with Gasteiger partial charge >= 0.3 is 0 Å². The van der Waals surface area contributed by atoms with E-state index in [0.29, 0.717) is 18.0 Å². The number of para-hydroxylation sites is 3. The lowest BCUT2D eigenvalue weighted by molar-refractivity contribution is 0.342. The van der Waals surface area contributed by atoms with Crippen LogP contribution >= 0.6 is 0 Å². The maximum atomic E-state index is 6.19. The lowest BCUT2D eigenvalue weighted by Gasteiger charge is -2.24. The van der Waals surface area contributed by atoms with Crippen molar-refractivity contribution < 1.29 is 9.47 Å². The third kappa shape index (κ3) is 2.64. The van der Waals surface area contributed by atoms with Gasteiger partial charge in [-0.05, 0) is 31.2 Å². The van der Waals surface area contributed by atoms with Crippen LogP contribution in [0, 0.1) is 0 Å². The molecule has 0 atom stereocenters. The van der Waals surface area contributed by atoms with Crippen LogP contribution in [0.15, 0.2) is 42.5 Å². The Hall–Kier alpha value is -2.36. The van der Waals surface area contributed by atoms with Crippen LogP contribution in [-0.2, 0) is 0 Å². The van der Waals surface area contributed by atoms with Crippen molar-refractivity contribution in [2.75, 3.05) is 31.4 Å². The molecule has 4 heteroatoms. The van der Waals surface area contributed by atoms with Crippen LogP contribution in [0.1, 0.15) is 6.92 Å². The molecule has 0 saturated carbocycles. The summed E-state index contributed by atoms with van der Waals surface area (Å²) in [6, 6.07) is 13.6. The summed E-state index contributed by atoms with van der Waals surface area (Å²) in [7, 11) is 3.62. The van der Waals surface area contributed by atoms with Gasteiger partial charge in [0, 0.05) is 7.05 Å². The zero-order chi connectivity index (χ0) is 14.5. The number of nitrogen functional groups attached to an aromatic ring is 1. The molecule has 0 heterocycles. The Balaban J connectivity index is 2.43. The lowest BCUT2D eigenvalue weighted by Crippen LogP contribution is -2.13. The number of hydrogen-bond acceptors (Lipinski definition) is 4. The SMILES string of the molecule is CCOc1cccc(N(C)c2ccccc2OC)c1N. The van der Waals surface area contributed by atoms with E-state index in [4.69, 9.17) is 15.2 Å². The van der Waals surface area contributed by atoms with Crippen LogP contribution in [0.3, 0.4) is 0 Å². The quantitative estimate of drug-likeness (QED) is 0.847. The second-order valence-electron chi connectivity index (χ2n) is 4.35. The molecule has 0 fully saturated rings. The maximum absolute atomic E-state index is 6.19. The van der Waals surface area contributed by atoms with Crippen molar-refractivity contribution in [2.45, 2.75) is 6.92 Å². The van der Waals surface area contributed by atoms with E-state index in [2.05, 4.69) is 0 Å². The van der Waals surface area contributed by atoms with Crippen LogP contribution < -0.4 is 20.1 Å². The minimum Gasteiger partial charge on any atom is -0.495 e. The number of nitrogens with two attached hydrogens (primary N) is 1. The molecule has 0 radical (unpaired) electrons. The van der Waals surface area contributed by atoms with Gasteiger partial charge in [0.05, 0.1) is 30.8 Å². The van der Waals surface area contributed by atoms with Crippen molar-refractivity contribution in [3.05, 3.63) is 42.5 Å². The Morgan fingerprint density at radius 3 is 2.35 bits per heavy atom. The Morgan fingerprint density at radius 2 is 1.65 bits per heavy atom. The topological polar surface area (TPSA) is 47.7 Å². The summed E-state index contributed by atoms with van der Waals surface area (Å²) >= 11 is 0. The van der Waals surface area contributed by atoms with Crippen molar-refractivity contribution in [1.29, 1.82) is 0 Å². The number of rotatable bonds is 5. The van der Waals surface area contributed by atoms with Crippen molar-refractivity contribution in [2.24, 2.45) is 0 Å². The van der Waals surface area contributed by atoms with Crippen LogP contribution in [0.2, 0.25) is 0 Å². The molecule has 0 spiro atoms. The van der Waals surface area contributed by atoms with Gasteiger partial charge in [0.25, 0.3) is 0 Å². The summed E-state index contributed by atoms with van der Waals surface area (Å²) in [5, 5.41) is 0. The summed E-state index contributed by atoms with van der Waals surface area (Å²) in [6.45, 7) is 2.53. The van der Waals surface area contributed by atoms with Crippen molar-refractivity contribution in [3.63, 3.8) is 0 Å². The molecule has 0 aliphatic rings. The second-order valence-corrected chi connectivity index (χ2v) is 4.35. The van der Waals surface area contributed by atoms with E-state index in [1.54, 1.807) is 7.11 Å². The highest BCUT2D eigenvalue weighted by Gasteiger charge is 2.14. The van der Waals surface area contributed by atoms with Crippen molar-refractivity contribution in [3.8, 4) is 11.5 Å². The third-order valence-corrected chi connectivity index (χ3v) is 3.15. The predicted octanol–water partition coefficient (Wildman–Crippen LogP) is 3.44. The largest absolute Gasteiger partial charge is 0.495 e. The summed E-state index contributed by atoms with van der Waals surface area (Å²) in [4.78, 5) is 2.00. The molecule has 0 aliphatic carbocycles. The fourth-order valence-corrected chi connectivity index (χ4v) is 2.14. The Bertz CT molecular complexity index is 584. The van der Waals surface area contributed by atoms with E-state index < -0.39 is 0 Å². The standard InChI is InChI=1S/C16H20N2O2/c1-4-20-15-11-7-9-13(16(15)17)18(2)12-8-5-6-10-14(12)19-3/h5-11H,4,17H2,1-3H3. The van der Waals surface area contributed by atoms with Gasteiger partial charge in [-0.1, -0.05) is 18.2 Å². The number of ether oxygens (including phenoxy) is 2. The first-order valence-corrected chi connectivity index (χ1v) is 6.57. The van der Waals surface area contributed by atoms with E-state index in [1.165, 1.54) is 0 Å². The molecule has 4 nitrogen and oxygen atoms in total. The highest BCUT2D eigenvalue weighted by molar-refractivity contribution is 5.80. The minimum absolute atomic E-state index is 0.589. The summed E-state index contributed by atoms with van der Waals surface area (Å²) in [5.41, 5.74) is 8.66. The van der Waals surface area contributed by atoms with Crippen LogP contribution in [0.25, 0.3) is 0 Å². The van der Waals surface area contributed by atoms with Gasteiger partial charge in [-0.25, -0.2) is 0 Å². The molecular formula is C16H20N2O2. The number of hydrogen-bond donors (Lipinski definition) is 1. The number of methoxy groups -OCH3 is 1. The average Bonchev–Trinajstić information content (AvgIpc) is 2.49. The Labute approximate surface area is 119 Å². The smallest absolute Gasteiger partial charge is 0.144 e. The molecular weight excluding hydrogens is 252 g/mol. The van der Waals surface area contributed by atoms with Gasteiger partial charge in [-0.15, -0.1) is 0 Å². The van der Waals surface area contributed by atoms with Gasteiger partial charge in [0.2, 0.25) is 0 Å². The van der Waals surface area contributed by atoms with Gasteiger partial charge in [0.15, 0.2) is 0 Å². The van der Waals surface area contributed by atoms with Gasteiger partial charge in [-0.3, -0.25) is 0 Å². The molecule has 0 unspecified atom stereocenters. The minimum atomic E-state index is 0.589. The zero-order valence-electron chi connectivity index (χ0n) is 12.1. The molecule has 106 valence electrons. The highest BCUT2D eigenvalue weighted by atomic mass is 16.5. The fourth-order valence-electron chi connectivity index (χ4n) is 2.14. The average molecular weight is 272 g/mol. The molecule has 0 aliphatic heterocycles. The van der Waals surface area contributed by atoms with E-state index in [-0.39, 0.29) is 0 Å². The molecule has 2 N–H and O–H groups in total. The fraction of sp³-hybridized carbons (Fsp3) is 0.250. The van der Waals surface area contributed by atoms with E-state index >= 15 is 0 Å². The normalized spacial score (nSPS) is 10.2. The van der Waals surface area contributed by atoms with E-state index in [1.807, 2.05) is 61.3 Å². The van der Waals surface area contributed by atoms with Crippen LogP contribution in [0.5, 0.6) is 11.5 Å². The molecule has 2 rings (SSSR count). The van der Waals surface area contributed by atoms with Crippen LogP contribution in [-0.4, -0.2) is 20.8 Å². The van der Waals surface area contributed by atoms with E-state index in [9.17, 15) is 0 Å². The van der Waals surface area contributed by atoms with Gasteiger partial charge < -0.3 is 20.1 Å². The first kappa shape index (κ1) is 14.1. The molecule has 2 aromatic rings. The molecule has 0 bridgehead atoms. The summed E-state index contributed by atoms with van der Waals surface area (Å²) in [5.74, 6) is 1.50. The van der Waals surface area contributed by atoms with Crippen molar-refractivity contribution >= 4 is 17.1 Å². The molecule has 0 saturated heterocycles. The Kier molecular flexibility index (Phi) is 4.35. The number of benzene rings is 2. The maximum Gasteiger partial charge on any atom is 0.144 e. The summed E-state index contributed by atoms with van der Waals surface area (Å²) in [6.07, 6.45) is 0. The number of anilines is 3. The molecule has 20 heavy (non-hydrogen) atoms. The first-order chi connectivity index (χ1) is 9.69. The molecule has 0 amide bonds. The zero-order valence-corrected chi connectivity index (χ0v) is 12.1. The molecule has 2 aromatic carbocycles. The monoisotopic (exact) mass is 272 g/mol. The highest BCUT2D eigenvalue weighted by Crippen LogP contribution is 2.38. The summed E-state index contributed by atoms with van der Waals surface area (Å²) < 4.78 is 10.9. The van der Waals surface area contributed by atoms with E-state index in [0.717, 1.165) is 17.1 Å². The number of nitrogens with zero attached hydrogens (tertiary/aromatic N) is 1. The van der Waals surface area contributed by atoms with Gasteiger partial charge in [0.1, 0.15) is 11.5 Å². The third-order valence-electron chi connectivity index (χ3n) is 3.15. The van der Waals surface area contributed by atoms with Gasteiger partial charge in [-0.2, -0.15) is 0 Å². The Morgan fingerprint density at radius 1 is 1.00 bits per heavy atom. The second kappa shape index (κ2) is 6.19. The van der Waals surface area contributed by atoms with Crippen LogP contribution in [0.4, 0.5) is 17.1 Å². The predicted molar refractivity (Wildman–Crippen MR) is 83.1 cm³/mol. The first-order valence-electron chi connectivity index (χ1n) is 6.57. The van der Waals surface area contributed by atoms with Crippen molar-refractivity contribution in [1.82, 2.24) is 0 Å². The molecule has 0 aromatic heterocycles.